The molecule has 0 atom stereocenters. The summed E-state index contributed by atoms with van der Waals surface area (Å²) in [7, 11) is 1.47. The van der Waals surface area contributed by atoms with Crippen LogP contribution in [-0.4, -0.2) is 38.0 Å². The zero-order valence-corrected chi connectivity index (χ0v) is 11.6. The van der Waals surface area contributed by atoms with E-state index in [1.54, 1.807) is 18.2 Å². The number of carbonyl (C=O) groups is 1. The fraction of sp³-hybridized carbons (Fsp3) is 0.533. The van der Waals surface area contributed by atoms with Gasteiger partial charge in [0.2, 0.25) is 0 Å². The number of rotatable bonds is 6. The largest absolute Gasteiger partial charge is 0.496 e. The molecule has 1 N–H and O–H groups in total. The van der Waals surface area contributed by atoms with Crippen LogP contribution in [0.2, 0.25) is 0 Å². The molecular weight excluding hydrogens is 260 g/mol. The van der Waals surface area contributed by atoms with Gasteiger partial charge in [0, 0.05) is 13.2 Å². The Hall–Kier alpha value is -1.59. The Morgan fingerprint density at radius 1 is 1.40 bits per heavy atom. The van der Waals surface area contributed by atoms with E-state index in [1.165, 1.54) is 7.11 Å². The second-order valence-electron chi connectivity index (χ2n) is 4.91. The highest BCUT2D eigenvalue weighted by molar-refractivity contribution is 5.90. The molecule has 0 aliphatic carbocycles. The van der Waals surface area contributed by atoms with Crippen molar-refractivity contribution in [3.63, 3.8) is 0 Å². The lowest BCUT2D eigenvalue weighted by atomic mass is 10.0. The number of benzene rings is 1. The smallest absolute Gasteiger partial charge is 0.339 e. The van der Waals surface area contributed by atoms with E-state index >= 15 is 0 Å². The maximum Gasteiger partial charge on any atom is 0.339 e. The molecule has 0 unspecified atom stereocenters. The third-order valence-corrected chi connectivity index (χ3v) is 3.46. The van der Waals surface area contributed by atoms with E-state index in [2.05, 4.69) is 0 Å². The van der Waals surface area contributed by atoms with Crippen molar-refractivity contribution in [1.82, 2.24) is 0 Å². The van der Waals surface area contributed by atoms with Crippen LogP contribution < -0.4 is 4.74 Å². The molecule has 0 saturated carbocycles. The van der Waals surface area contributed by atoms with Crippen molar-refractivity contribution in [2.24, 2.45) is 5.92 Å². The lowest BCUT2D eigenvalue weighted by Crippen LogP contribution is -2.20. The Balaban J connectivity index is 1.87. The predicted molar refractivity (Wildman–Crippen MR) is 73.2 cm³/mol. The average molecular weight is 280 g/mol. The van der Waals surface area contributed by atoms with Crippen molar-refractivity contribution in [3.8, 4) is 5.75 Å². The molecule has 1 fully saturated rings. The van der Waals surface area contributed by atoms with Gasteiger partial charge in [0.25, 0.3) is 0 Å². The summed E-state index contributed by atoms with van der Waals surface area (Å²) in [6.07, 6.45) is 2.09. The van der Waals surface area contributed by atoms with E-state index in [1.807, 2.05) is 0 Å². The van der Waals surface area contributed by atoms with Gasteiger partial charge in [0.1, 0.15) is 11.3 Å². The first kappa shape index (κ1) is 14.8. The molecule has 20 heavy (non-hydrogen) atoms. The van der Waals surface area contributed by atoms with Gasteiger partial charge in [-0.2, -0.15) is 0 Å². The van der Waals surface area contributed by atoms with Gasteiger partial charge < -0.3 is 19.3 Å². The highest BCUT2D eigenvalue weighted by Crippen LogP contribution is 2.21. The molecule has 1 aromatic carbocycles. The molecule has 1 aromatic rings. The zero-order valence-electron chi connectivity index (χ0n) is 11.6. The van der Waals surface area contributed by atoms with Gasteiger partial charge in [0.05, 0.1) is 20.3 Å². The van der Waals surface area contributed by atoms with E-state index in [0.29, 0.717) is 24.9 Å². The fourth-order valence-corrected chi connectivity index (χ4v) is 2.26. The van der Waals surface area contributed by atoms with Crippen molar-refractivity contribution in [2.45, 2.75) is 19.4 Å². The zero-order chi connectivity index (χ0) is 14.4. The molecule has 2 rings (SSSR count). The van der Waals surface area contributed by atoms with Crippen LogP contribution >= 0.6 is 0 Å². The molecule has 110 valence electrons. The van der Waals surface area contributed by atoms with Crippen molar-refractivity contribution >= 4 is 5.97 Å². The summed E-state index contributed by atoms with van der Waals surface area (Å²) >= 11 is 0. The molecule has 5 heteroatoms. The fourth-order valence-electron chi connectivity index (χ4n) is 2.26. The van der Waals surface area contributed by atoms with Crippen molar-refractivity contribution in [3.05, 3.63) is 29.3 Å². The summed E-state index contributed by atoms with van der Waals surface area (Å²) in [5.41, 5.74) is 1.08. The normalized spacial score (nSPS) is 16.1. The van der Waals surface area contributed by atoms with Gasteiger partial charge in [-0.1, -0.05) is 6.07 Å². The van der Waals surface area contributed by atoms with Crippen LogP contribution in [0.5, 0.6) is 5.75 Å². The summed E-state index contributed by atoms with van der Waals surface area (Å²) in [6, 6.07) is 5.03. The number of carboxylic acids is 1. The summed E-state index contributed by atoms with van der Waals surface area (Å²) in [5.74, 6) is -0.0647. The Labute approximate surface area is 118 Å². The van der Waals surface area contributed by atoms with Gasteiger partial charge in [0.15, 0.2) is 0 Å². The monoisotopic (exact) mass is 280 g/mol. The average Bonchev–Trinajstić information content (AvgIpc) is 2.48. The van der Waals surface area contributed by atoms with Crippen molar-refractivity contribution in [2.75, 3.05) is 26.9 Å². The van der Waals surface area contributed by atoms with Gasteiger partial charge in [-0.25, -0.2) is 4.79 Å². The SMILES string of the molecule is COc1cc(COCC2CCOCC2)ccc1C(=O)O. The van der Waals surface area contributed by atoms with E-state index in [4.69, 9.17) is 19.3 Å². The molecule has 5 nitrogen and oxygen atoms in total. The number of hydrogen-bond acceptors (Lipinski definition) is 4. The predicted octanol–water partition coefficient (Wildman–Crippen LogP) is 2.34. The number of aromatic carboxylic acids is 1. The highest BCUT2D eigenvalue weighted by Gasteiger charge is 2.14. The lowest BCUT2D eigenvalue weighted by Gasteiger charge is -2.21. The number of methoxy groups -OCH3 is 1. The maximum absolute atomic E-state index is 11.0. The lowest BCUT2D eigenvalue weighted by molar-refractivity contribution is 0.0157. The second kappa shape index (κ2) is 7.26. The van der Waals surface area contributed by atoms with Gasteiger partial charge in [-0.05, 0) is 36.5 Å². The summed E-state index contributed by atoms with van der Waals surface area (Å²) in [6.45, 7) is 2.81. The summed E-state index contributed by atoms with van der Waals surface area (Å²) in [4.78, 5) is 11.0. The first-order valence-corrected chi connectivity index (χ1v) is 6.76. The molecule has 0 aromatic heterocycles. The van der Waals surface area contributed by atoms with Crippen LogP contribution in [0.1, 0.15) is 28.8 Å². The second-order valence-corrected chi connectivity index (χ2v) is 4.91. The van der Waals surface area contributed by atoms with Crippen molar-refractivity contribution in [1.29, 1.82) is 0 Å². The standard InChI is InChI=1S/C15H20O5/c1-18-14-8-12(2-3-13(14)15(16)17)10-20-9-11-4-6-19-7-5-11/h2-3,8,11H,4-7,9-10H2,1H3,(H,16,17). The van der Waals surface area contributed by atoms with Crippen LogP contribution in [0.25, 0.3) is 0 Å². The van der Waals surface area contributed by atoms with Gasteiger partial charge >= 0.3 is 5.97 Å². The van der Waals surface area contributed by atoms with Crippen LogP contribution in [0, 0.1) is 5.92 Å². The van der Waals surface area contributed by atoms with E-state index < -0.39 is 5.97 Å². The highest BCUT2D eigenvalue weighted by atomic mass is 16.5. The summed E-state index contributed by atoms with van der Waals surface area (Å²) < 4.78 is 16.1. The Bertz CT molecular complexity index is 452. The van der Waals surface area contributed by atoms with E-state index in [0.717, 1.165) is 31.6 Å². The third-order valence-electron chi connectivity index (χ3n) is 3.46. The van der Waals surface area contributed by atoms with E-state index in [-0.39, 0.29) is 5.56 Å². The Kier molecular flexibility index (Phi) is 5.38. The molecule has 1 heterocycles. The topological polar surface area (TPSA) is 65.0 Å². The molecule has 1 aliphatic rings. The number of hydrogen-bond donors (Lipinski definition) is 1. The van der Waals surface area contributed by atoms with Crippen LogP contribution in [0.4, 0.5) is 0 Å². The van der Waals surface area contributed by atoms with Crippen LogP contribution in [-0.2, 0) is 16.1 Å². The third kappa shape index (κ3) is 3.95. The molecular formula is C15H20O5. The maximum atomic E-state index is 11.0. The minimum atomic E-state index is -0.989. The summed E-state index contributed by atoms with van der Waals surface area (Å²) in [5, 5.41) is 9.01. The molecule has 0 amide bonds. The van der Waals surface area contributed by atoms with Crippen molar-refractivity contribution < 1.29 is 24.1 Å². The van der Waals surface area contributed by atoms with Crippen LogP contribution in [0.15, 0.2) is 18.2 Å². The molecule has 0 radical (unpaired) electrons. The molecule has 1 saturated heterocycles. The number of ether oxygens (including phenoxy) is 3. The Morgan fingerprint density at radius 3 is 2.80 bits per heavy atom. The minimum Gasteiger partial charge on any atom is -0.496 e. The first-order valence-electron chi connectivity index (χ1n) is 6.76. The quantitative estimate of drug-likeness (QED) is 0.866. The molecule has 0 spiro atoms. The minimum absolute atomic E-state index is 0.167. The van der Waals surface area contributed by atoms with Gasteiger partial charge in [-0.3, -0.25) is 0 Å². The van der Waals surface area contributed by atoms with Gasteiger partial charge in [-0.15, -0.1) is 0 Å². The Morgan fingerprint density at radius 2 is 2.15 bits per heavy atom. The van der Waals surface area contributed by atoms with Crippen LogP contribution in [0.3, 0.4) is 0 Å². The first-order chi connectivity index (χ1) is 9.70. The molecule has 1 aliphatic heterocycles. The number of carboxylic acid groups (broad SMARTS) is 1. The van der Waals surface area contributed by atoms with E-state index in [9.17, 15) is 4.79 Å². The molecule has 0 bridgehead atoms.